The van der Waals surface area contributed by atoms with E-state index in [4.69, 9.17) is 5.26 Å². The molecule has 2 N–H and O–H groups in total. The number of rotatable bonds is 4. The van der Waals surface area contributed by atoms with Crippen molar-refractivity contribution < 1.29 is 14.3 Å². The minimum Gasteiger partial charge on any atom is -0.392 e. The summed E-state index contributed by atoms with van der Waals surface area (Å²) >= 11 is 0. The molecule has 1 rings (SSSR count). The summed E-state index contributed by atoms with van der Waals surface area (Å²) in [6, 6.07) is 4.99. The normalized spacial score (nSPS) is 11.8. The Hall–Kier alpha value is -2.13. The number of hydrogen-bond donors (Lipinski definition) is 2. The molecular formula is C14H18FN3O2. The maximum Gasteiger partial charge on any atom is 0.322 e. The van der Waals surface area contributed by atoms with E-state index in [0.29, 0.717) is 5.69 Å². The molecule has 20 heavy (non-hydrogen) atoms. The van der Waals surface area contributed by atoms with Gasteiger partial charge in [0.15, 0.2) is 0 Å². The highest BCUT2D eigenvalue weighted by Gasteiger charge is 2.19. The zero-order chi connectivity index (χ0) is 15.3. The minimum atomic E-state index is -0.647. The van der Waals surface area contributed by atoms with Gasteiger partial charge in [-0.2, -0.15) is 5.26 Å². The van der Waals surface area contributed by atoms with Gasteiger partial charge in [0.05, 0.1) is 11.7 Å². The Morgan fingerprint density at radius 1 is 1.50 bits per heavy atom. The largest absolute Gasteiger partial charge is 0.392 e. The van der Waals surface area contributed by atoms with Crippen LogP contribution in [0.15, 0.2) is 18.2 Å². The SMILES string of the molecule is CC(O)CN(C(=O)Nc1ccc(F)c(C#N)c1)C(C)C. The van der Waals surface area contributed by atoms with E-state index in [0.717, 1.165) is 6.07 Å². The highest BCUT2D eigenvalue weighted by molar-refractivity contribution is 5.89. The van der Waals surface area contributed by atoms with Gasteiger partial charge in [-0.3, -0.25) is 0 Å². The van der Waals surface area contributed by atoms with Gasteiger partial charge in [0, 0.05) is 18.3 Å². The van der Waals surface area contributed by atoms with Crippen molar-refractivity contribution in [1.29, 1.82) is 5.26 Å². The Balaban J connectivity index is 2.86. The summed E-state index contributed by atoms with van der Waals surface area (Å²) < 4.78 is 13.2. The molecule has 1 atom stereocenters. The lowest BCUT2D eigenvalue weighted by atomic mass is 10.2. The van der Waals surface area contributed by atoms with Gasteiger partial charge in [-0.15, -0.1) is 0 Å². The van der Waals surface area contributed by atoms with Gasteiger partial charge in [0.1, 0.15) is 11.9 Å². The topological polar surface area (TPSA) is 76.4 Å². The van der Waals surface area contributed by atoms with Crippen LogP contribution in [0, 0.1) is 17.1 Å². The van der Waals surface area contributed by atoms with Crippen molar-refractivity contribution in [3.05, 3.63) is 29.6 Å². The van der Waals surface area contributed by atoms with Crippen LogP contribution in [0.25, 0.3) is 0 Å². The zero-order valence-corrected chi connectivity index (χ0v) is 11.7. The maximum atomic E-state index is 13.2. The first-order valence-electron chi connectivity index (χ1n) is 6.30. The molecule has 5 nitrogen and oxygen atoms in total. The molecule has 6 heteroatoms. The van der Waals surface area contributed by atoms with Gasteiger partial charge in [0.25, 0.3) is 0 Å². The van der Waals surface area contributed by atoms with Crippen LogP contribution in [0.1, 0.15) is 26.3 Å². The van der Waals surface area contributed by atoms with E-state index in [1.165, 1.54) is 17.0 Å². The van der Waals surface area contributed by atoms with Crippen molar-refractivity contribution in [2.24, 2.45) is 0 Å². The summed E-state index contributed by atoms with van der Waals surface area (Å²) in [6.07, 6.45) is -0.647. The fourth-order valence-electron chi connectivity index (χ4n) is 1.70. The summed E-state index contributed by atoms with van der Waals surface area (Å²) in [5, 5.41) is 20.7. The van der Waals surface area contributed by atoms with Gasteiger partial charge in [-0.05, 0) is 39.0 Å². The second kappa shape index (κ2) is 6.87. The fraction of sp³-hybridized carbons (Fsp3) is 0.429. The molecule has 0 radical (unpaired) electrons. The first-order valence-corrected chi connectivity index (χ1v) is 6.30. The number of hydrogen-bond acceptors (Lipinski definition) is 3. The number of urea groups is 1. The number of anilines is 1. The second-order valence-corrected chi connectivity index (χ2v) is 4.83. The summed E-state index contributed by atoms with van der Waals surface area (Å²) in [5.41, 5.74) is 0.207. The van der Waals surface area contributed by atoms with Crippen molar-refractivity contribution in [2.45, 2.75) is 32.9 Å². The number of nitrogens with zero attached hydrogens (tertiary/aromatic N) is 2. The van der Waals surface area contributed by atoms with Crippen LogP contribution in [0.4, 0.5) is 14.9 Å². The standard InChI is InChI=1S/C14H18FN3O2/c1-9(2)18(8-10(3)19)14(20)17-12-4-5-13(15)11(6-12)7-16/h4-6,9-10,19H,8H2,1-3H3,(H,17,20). The number of carbonyl (C=O) groups is 1. The van der Waals surface area contributed by atoms with Gasteiger partial charge in [0.2, 0.25) is 0 Å². The van der Waals surface area contributed by atoms with E-state index in [2.05, 4.69) is 5.32 Å². The number of aliphatic hydroxyl groups is 1. The van der Waals surface area contributed by atoms with Crippen molar-refractivity contribution >= 4 is 11.7 Å². The van der Waals surface area contributed by atoms with Crippen LogP contribution in [-0.4, -0.2) is 34.7 Å². The maximum absolute atomic E-state index is 13.2. The number of nitrogens with one attached hydrogen (secondary N) is 1. The molecule has 0 bridgehead atoms. The van der Waals surface area contributed by atoms with Crippen LogP contribution in [0.2, 0.25) is 0 Å². The number of aliphatic hydroxyl groups excluding tert-OH is 1. The number of nitriles is 1. The Kier molecular flexibility index (Phi) is 5.47. The average molecular weight is 279 g/mol. The van der Waals surface area contributed by atoms with E-state index in [1.807, 2.05) is 13.8 Å². The van der Waals surface area contributed by atoms with Crippen LogP contribution >= 0.6 is 0 Å². The second-order valence-electron chi connectivity index (χ2n) is 4.83. The van der Waals surface area contributed by atoms with E-state index < -0.39 is 18.0 Å². The molecule has 1 aromatic rings. The Morgan fingerprint density at radius 2 is 2.15 bits per heavy atom. The first-order chi connectivity index (χ1) is 9.35. The Morgan fingerprint density at radius 3 is 2.65 bits per heavy atom. The van der Waals surface area contributed by atoms with E-state index in [9.17, 15) is 14.3 Å². The molecule has 0 spiro atoms. The monoisotopic (exact) mass is 279 g/mol. The Bertz CT molecular complexity index is 524. The molecule has 0 aliphatic heterocycles. The lowest BCUT2D eigenvalue weighted by Gasteiger charge is -2.28. The van der Waals surface area contributed by atoms with Crippen molar-refractivity contribution in [2.75, 3.05) is 11.9 Å². The molecule has 1 unspecified atom stereocenters. The quantitative estimate of drug-likeness (QED) is 0.888. The molecule has 0 heterocycles. The lowest BCUT2D eigenvalue weighted by Crippen LogP contribution is -2.43. The van der Waals surface area contributed by atoms with E-state index in [-0.39, 0.29) is 18.2 Å². The molecule has 1 aromatic carbocycles. The zero-order valence-electron chi connectivity index (χ0n) is 11.7. The average Bonchev–Trinajstić information content (AvgIpc) is 2.37. The molecular weight excluding hydrogens is 261 g/mol. The molecule has 0 saturated heterocycles. The third-order valence-corrected chi connectivity index (χ3v) is 2.68. The third kappa shape index (κ3) is 4.21. The van der Waals surface area contributed by atoms with Gasteiger partial charge < -0.3 is 15.3 Å². The van der Waals surface area contributed by atoms with E-state index >= 15 is 0 Å². The molecule has 0 saturated carbocycles. The smallest absolute Gasteiger partial charge is 0.322 e. The minimum absolute atomic E-state index is 0.0968. The summed E-state index contributed by atoms with van der Waals surface area (Å²) in [4.78, 5) is 13.6. The molecule has 0 aliphatic rings. The van der Waals surface area contributed by atoms with Crippen molar-refractivity contribution in [1.82, 2.24) is 4.90 Å². The van der Waals surface area contributed by atoms with Crippen LogP contribution in [0.5, 0.6) is 0 Å². The first kappa shape index (κ1) is 15.9. The molecule has 2 amide bonds. The van der Waals surface area contributed by atoms with Gasteiger partial charge in [-0.1, -0.05) is 0 Å². The van der Waals surface area contributed by atoms with Crippen LogP contribution in [-0.2, 0) is 0 Å². The number of carbonyl (C=O) groups excluding carboxylic acids is 1. The molecule has 0 fully saturated rings. The number of halogens is 1. The van der Waals surface area contributed by atoms with Crippen LogP contribution < -0.4 is 5.32 Å². The Labute approximate surface area is 117 Å². The lowest BCUT2D eigenvalue weighted by molar-refractivity contribution is 0.125. The highest BCUT2D eigenvalue weighted by Crippen LogP contribution is 2.15. The molecule has 0 aromatic heterocycles. The molecule has 108 valence electrons. The number of amides is 2. The van der Waals surface area contributed by atoms with Crippen molar-refractivity contribution in [3.63, 3.8) is 0 Å². The summed E-state index contributed by atoms with van der Waals surface area (Å²) in [5.74, 6) is -0.629. The van der Waals surface area contributed by atoms with Crippen LogP contribution in [0.3, 0.4) is 0 Å². The number of benzene rings is 1. The predicted molar refractivity (Wildman–Crippen MR) is 73.7 cm³/mol. The fourth-order valence-corrected chi connectivity index (χ4v) is 1.70. The third-order valence-electron chi connectivity index (χ3n) is 2.68. The van der Waals surface area contributed by atoms with Gasteiger partial charge in [-0.25, -0.2) is 9.18 Å². The van der Waals surface area contributed by atoms with E-state index in [1.54, 1.807) is 13.0 Å². The molecule has 0 aliphatic carbocycles. The highest BCUT2D eigenvalue weighted by atomic mass is 19.1. The summed E-state index contributed by atoms with van der Waals surface area (Å²) in [6.45, 7) is 5.44. The van der Waals surface area contributed by atoms with Gasteiger partial charge >= 0.3 is 6.03 Å². The predicted octanol–water partition coefficient (Wildman–Crippen LogP) is 2.32. The summed E-state index contributed by atoms with van der Waals surface area (Å²) in [7, 11) is 0. The van der Waals surface area contributed by atoms with Crippen molar-refractivity contribution in [3.8, 4) is 6.07 Å².